The SMILES string of the molecule is Cc1cc(C)n(-c2cccc(C(CC(=O)O)NC(=O)CNC(=O)c3cc(NC4=NCC(F)CN4)c4cn[nH]c4c3)c2)n1. The van der Waals surface area contributed by atoms with Crippen molar-refractivity contribution in [1.82, 2.24) is 35.9 Å². The van der Waals surface area contributed by atoms with Gasteiger partial charge in [0.25, 0.3) is 5.91 Å². The van der Waals surface area contributed by atoms with Crippen LogP contribution in [0.15, 0.2) is 53.7 Å². The number of carbonyl (C=O) groups is 3. The van der Waals surface area contributed by atoms with Gasteiger partial charge in [-0.2, -0.15) is 10.2 Å². The number of aliphatic carboxylic acids is 1. The lowest BCUT2D eigenvalue weighted by Crippen LogP contribution is -2.41. The Kier molecular flexibility index (Phi) is 8.13. The number of aromatic amines is 1. The molecule has 218 valence electrons. The van der Waals surface area contributed by atoms with Gasteiger partial charge in [0.1, 0.15) is 6.17 Å². The van der Waals surface area contributed by atoms with Crippen molar-refractivity contribution in [2.24, 2.45) is 4.99 Å². The van der Waals surface area contributed by atoms with Gasteiger partial charge in [0, 0.05) is 16.6 Å². The number of nitrogens with one attached hydrogen (secondary N) is 5. The van der Waals surface area contributed by atoms with Crippen LogP contribution in [0, 0.1) is 13.8 Å². The van der Waals surface area contributed by atoms with Crippen LogP contribution in [0.2, 0.25) is 0 Å². The van der Waals surface area contributed by atoms with Crippen LogP contribution in [0.5, 0.6) is 0 Å². The number of aromatic nitrogens is 4. The van der Waals surface area contributed by atoms with Crippen molar-refractivity contribution in [1.29, 1.82) is 0 Å². The molecule has 0 saturated carbocycles. The maximum Gasteiger partial charge on any atom is 0.305 e. The van der Waals surface area contributed by atoms with E-state index in [9.17, 15) is 23.9 Å². The van der Waals surface area contributed by atoms with E-state index in [4.69, 9.17) is 0 Å². The molecule has 2 amide bonds. The van der Waals surface area contributed by atoms with Crippen molar-refractivity contribution < 1.29 is 23.9 Å². The molecule has 42 heavy (non-hydrogen) atoms. The van der Waals surface area contributed by atoms with E-state index in [-0.39, 0.29) is 31.6 Å². The van der Waals surface area contributed by atoms with E-state index in [1.165, 1.54) is 0 Å². The third kappa shape index (κ3) is 6.54. The van der Waals surface area contributed by atoms with Gasteiger partial charge < -0.3 is 26.4 Å². The van der Waals surface area contributed by atoms with Crippen LogP contribution in [0.1, 0.15) is 39.8 Å². The summed E-state index contributed by atoms with van der Waals surface area (Å²) in [5, 5.41) is 32.7. The third-order valence-electron chi connectivity index (χ3n) is 6.66. The van der Waals surface area contributed by atoms with Crippen molar-refractivity contribution in [3.63, 3.8) is 0 Å². The molecule has 2 unspecified atom stereocenters. The van der Waals surface area contributed by atoms with Crippen molar-refractivity contribution >= 4 is 40.3 Å². The Morgan fingerprint density at radius 3 is 2.74 bits per heavy atom. The normalized spacial score (nSPS) is 15.4. The lowest BCUT2D eigenvalue weighted by molar-refractivity contribution is -0.137. The topological polar surface area (TPSA) is 178 Å². The number of anilines is 1. The molecule has 13 nitrogen and oxygen atoms in total. The van der Waals surface area contributed by atoms with Crippen molar-refractivity contribution in [2.75, 3.05) is 25.0 Å². The second-order valence-electron chi connectivity index (χ2n) is 9.98. The minimum Gasteiger partial charge on any atom is -0.481 e. The van der Waals surface area contributed by atoms with E-state index < -0.39 is 30.0 Å². The molecule has 1 aliphatic heterocycles. The number of aliphatic imine (C=N–C) groups is 1. The summed E-state index contributed by atoms with van der Waals surface area (Å²) in [6.45, 7) is 3.54. The Labute approximate surface area is 239 Å². The second kappa shape index (κ2) is 12.1. The minimum absolute atomic E-state index is 0.0227. The van der Waals surface area contributed by atoms with E-state index in [1.807, 2.05) is 26.0 Å². The van der Waals surface area contributed by atoms with Gasteiger partial charge in [0.05, 0.1) is 60.9 Å². The van der Waals surface area contributed by atoms with Crippen LogP contribution in [-0.4, -0.2) is 74.6 Å². The maximum absolute atomic E-state index is 13.4. The lowest BCUT2D eigenvalue weighted by atomic mass is 10.0. The highest BCUT2D eigenvalue weighted by molar-refractivity contribution is 6.07. The number of amides is 2. The average molecular weight is 576 g/mol. The fraction of sp³-hybridized carbons (Fsp3) is 0.286. The number of benzene rings is 2. The van der Waals surface area contributed by atoms with Crippen molar-refractivity contribution in [3.8, 4) is 5.69 Å². The first kappa shape index (κ1) is 28.3. The number of rotatable bonds is 9. The summed E-state index contributed by atoms with van der Waals surface area (Å²) in [5.74, 6) is -1.82. The first-order valence-electron chi connectivity index (χ1n) is 13.3. The number of aryl methyl sites for hydroxylation is 2. The van der Waals surface area contributed by atoms with Crippen LogP contribution >= 0.6 is 0 Å². The van der Waals surface area contributed by atoms with Gasteiger partial charge in [-0.05, 0) is 49.7 Å². The van der Waals surface area contributed by atoms with Gasteiger partial charge in [-0.1, -0.05) is 12.1 Å². The first-order valence-corrected chi connectivity index (χ1v) is 13.3. The van der Waals surface area contributed by atoms with Crippen LogP contribution in [0.3, 0.4) is 0 Å². The predicted molar refractivity (Wildman–Crippen MR) is 153 cm³/mol. The lowest BCUT2D eigenvalue weighted by Gasteiger charge is -2.19. The Balaban J connectivity index is 1.27. The number of hydrogen-bond acceptors (Lipinski definition) is 8. The van der Waals surface area contributed by atoms with Gasteiger partial charge >= 0.3 is 5.97 Å². The van der Waals surface area contributed by atoms with Gasteiger partial charge in [-0.3, -0.25) is 19.5 Å². The molecule has 0 saturated heterocycles. The molecule has 5 rings (SSSR count). The molecule has 6 N–H and O–H groups in total. The largest absolute Gasteiger partial charge is 0.481 e. The molecule has 2 aromatic carbocycles. The molecule has 0 aliphatic carbocycles. The molecular formula is C28H30FN9O4. The summed E-state index contributed by atoms with van der Waals surface area (Å²) in [4.78, 5) is 41.6. The zero-order valence-corrected chi connectivity index (χ0v) is 22.9. The van der Waals surface area contributed by atoms with Crippen molar-refractivity contribution in [3.05, 3.63) is 71.2 Å². The zero-order valence-electron chi connectivity index (χ0n) is 22.9. The molecule has 2 aromatic heterocycles. The number of guanidine groups is 1. The summed E-state index contributed by atoms with van der Waals surface area (Å²) < 4.78 is 15.2. The maximum atomic E-state index is 13.4. The predicted octanol–water partition coefficient (Wildman–Crippen LogP) is 2.14. The number of carboxylic acids is 1. The summed E-state index contributed by atoms with van der Waals surface area (Å²) in [6, 6.07) is 11.4. The van der Waals surface area contributed by atoms with Gasteiger partial charge in [-0.15, -0.1) is 0 Å². The Bertz CT molecular complexity index is 1680. The number of nitrogens with zero attached hydrogens (tertiary/aromatic N) is 4. The molecule has 1 aliphatic rings. The zero-order chi connectivity index (χ0) is 29.8. The van der Waals surface area contributed by atoms with E-state index in [2.05, 4.69) is 41.6 Å². The molecule has 0 fully saturated rings. The number of hydrogen-bond donors (Lipinski definition) is 6. The van der Waals surface area contributed by atoms with E-state index in [0.29, 0.717) is 28.1 Å². The van der Waals surface area contributed by atoms with Gasteiger partial charge in [0.2, 0.25) is 5.91 Å². The van der Waals surface area contributed by atoms with Crippen LogP contribution in [0.25, 0.3) is 16.6 Å². The average Bonchev–Trinajstić information content (AvgIpc) is 3.58. The minimum atomic E-state index is -1.09. The number of H-pyrrole nitrogens is 1. The highest BCUT2D eigenvalue weighted by atomic mass is 19.1. The summed E-state index contributed by atoms with van der Waals surface area (Å²) in [7, 11) is 0. The molecule has 0 spiro atoms. The molecule has 2 atom stereocenters. The van der Waals surface area contributed by atoms with Crippen LogP contribution in [0.4, 0.5) is 10.1 Å². The Morgan fingerprint density at radius 1 is 1.19 bits per heavy atom. The number of halogens is 1. The highest BCUT2D eigenvalue weighted by Crippen LogP contribution is 2.25. The summed E-state index contributed by atoms with van der Waals surface area (Å²) in [5.41, 5.74) is 4.39. The molecule has 0 bridgehead atoms. The molecule has 14 heteroatoms. The summed E-state index contributed by atoms with van der Waals surface area (Å²) >= 11 is 0. The Hall–Kier alpha value is -5.27. The fourth-order valence-corrected chi connectivity index (χ4v) is 4.71. The quantitative estimate of drug-likeness (QED) is 0.176. The highest BCUT2D eigenvalue weighted by Gasteiger charge is 2.21. The number of carboxylic acid groups (broad SMARTS) is 1. The third-order valence-corrected chi connectivity index (χ3v) is 6.66. The van der Waals surface area contributed by atoms with Crippen LogP contribution < -0.4 is 21.3 Å². The molecule has 0 radical (unpaired) electrons. The number of alkyl halides is 1. The van der Waals surface area contributed by atoms with E-state index >= 15 is 0 Å². The van der Waals surface area contributed by atoms with E-state index in [1.54, 1.807) is 41.2 Å². The molecule has 4 aromatic rings. The Morgan fingerprint density at radius 2 is 2.02 bits per heavy atom. The van der Waals surface area contributed by atoms with Crippen LogP contribution in [-0.2, 0) is 9.59 Å². The monoisotopic (exact) mass is 575 g/mol. The number of carbonyl (C=O) groups excluding carboxylic acids is 2. The van der Waals surface area contributed by atoms with Gasteiger partial charge in [0.15, 0.2) is 5.96 Å². The summed E-state index contributed by atoms with van der Waals surface area (Å²) in [6.07, 6.45) is 0.157. The fourth-order valence-electron chi connectivity index (χ4n) is 4.71. The standard InChI is InChI=1S/C28H30FN9O4/c1-15-6-16(2)38(37-15)20-5-3-4-17(7-20)22(10-26(40)41)34-25(39)14-30-27(42)18-8-23(21-13-33-36-24(21)9-18)35-28-31-11-19(29)12-32-28/h3-9,13,19,22H,10-12,14H2,1-2H3,(H,30,42)(H,33,36)(H,34,39)(H,40,41)(H2,31,32,35). The number of fused-ring (bicyclic) bond motifs is 1. The molecular weight excluding hydrogens is 545 g/mol. The van der Waals surface area contributed by atoms with Gasteiger partial charge in [-0.25, -0.2) is 14.1 Å². The smallest absolute Gasteiger partial charge is 0.305 e. The molecule has 3 heterocycles. The van der Waals surface area contributed by atoms with Crippen molar-refractivity contribution in [2.45, 2.75) is 32.5 Å². The first-order chi connectivity index (χ1) is 20.2. The second-order valence-corrected chi connectivity index (χ2v) is 9.98. The van der Waals surface area contributed by atoms with E-state index in [0.717, 1.165) is 17.1 Å².